The molecule has 18 heavy (non-hydrogen) atoms. The van der Waals surface area contributed by atoms with Crippen molar-refractivity contribution in [2.75, 3.05) is 0 Å². The van der Waals surface area contributed by atoms with E-state index in [0.29, 0.717) is 15.6 Å². The second-order valence-corrected chi connectivity index (χ2v) is 5.13. The average Bonchev–Trinajstić information content (AvgIpc) is 2.28. The van der Waals surface area contributed by atoms with Crippen LogP contribution in [-0.4, -0.2) is 5.78 Å². The minimum Gasteiger partial charge on any atom is -0.289 e. The molecule has 92 valence electrons. The number of aryl methyl sites for hydroxylation is 2. The summed E-state index contributed by atoms with van der Waals surface area (Å²) < 4.78 is 13.5. The summed E-state index contributed by atoms with van der Waals surface area (Å²) >= 11 is 3.22. The second kappa shape index (κ2) is 5.02. The fourth-order valence-corrected chi connectivity index (χ4v) is 2.42. The predicted octanol–water partition coefficient (Wildman–Crippen LogP) is 4.44. The normalized spacial score (nSPS) is 10.4. The third-order valence-corrected chi connectivity index (χ3v) is 3.46. The van der Waals surface area contributed by atoms with Crippen LogP contribution in [0.2, 0.25) is 0 Å². The Kier molecular flexibility index (Phi) is 3.62. The van der Waals surface area contributed by atoms with Crippen LogP contribution in [0.3, 0.4) is 0 Å². The Morgan fingerprint density at radius 1 is 1.06 bits per heavy atom. The van der Waals surface area contributed by atoms with E-state index in [9.17, 15) is 9.18 Å². The molecule has 0 heterocycles. The van der Waals surface area contributed by atoms with Crippen molar-refractivity contribution in [2.24, 2.45) is 0 Å². The molecule has 0 amide bonds. The number of carbonyl (C=O) groups is 1. The van der Waals surface area contributed by atoms with Crippen molar-refractivity contribution in [1.29, 1.82) is 0 Å². The van der Waals surface area contributed by atoms with Gasteiger partial charge in [-0.2, -0.15) is 0 Å². The topological polar surface area (TPSA) is 17.1 Å². The van der Waals surface area contributed by atoms with Crippen LogP contribution in [0, 0.1) is 19.7 Å². The van der Waals surface area contributed by atoms with Gasteiger partial charge in [-0.25, -0.2) is 4.39 Å². The zero-order valence-corrected chi connectivity index (χ0v) is 11.7. The zero-order valence-electron chi connectivity index (χ0n) is 10.1. The summed E-state index contributed by atoms with van der Waals surface area (Å²) in [6.07, 6.45) is 0. The van der Waals surface area contributed by atoms with Crippen molar-refractivity contribution in [3.63, 3.8) is 0 Å². The van der Waals surface area contributed by atoms with Gasteiger partial charge in [0.15, 0.2) is 5.78 Å². The number of hydrogen-bond donors (Lipinski definition) is 0. The van der Waals surface area contributed by atoms with E-state index >= 15 is 0 Å². The van der Waals surface area contributed by atoms with Crippen LogP contribution < -0.4 is 0 Å². The first-order chi connectivity index (χ1) is 8.49. The van der Waals surface area contributed by atoms with E-state index in [4.69, 9.17) is 0 Å². The fourth-order valence-electron chi connectivity index (χ4n) is 1.89. The summed E-state index contributed by atoms with van der Waals surface area (Å²) in [5, 5.41) is 0. The number of halogens is 2. The summed E-state index contributed by atoms with van der Waals surface area (Å²) in [5.74, 6) is -0.460. The molecule has 0 radical (unpaired) electrons. The molecular weight excluding hydrogens is 295 g/mol. The molecule has 0 spiro atoms. The molecule has 0 bridgehead atoms. The Balaban J connectivity index is 2.48. The van der Waals surface area contributed by atoms with E-state index in [1.54, 1.807) is 0 Å². The maximum absolute atomic E-state index is 13.0. The van der Waals surface area contributed by atoms with Crippen molar-refractivity contribution < 1.29 is 9.18 Å². The van der Waals surface area contributed by atoms with Crippen LogP contribution in [0.15, 0.2) is 40.9 Å². The Morgan fingerprint density at radius 2 is 1.72 bits per heavy atom. The molecule has 0 aliphatic heterocycles. The first-order valence-corrected chi connectivity index (χ1v) is 6.35. The number of hydrogen-bond acceptors (Lipinski definition) is 1. The third kappa shape index (κ3) is 2.51. The lowest BCUT2D eigenvalue weighted by atomic mass is 9.98. The monoisotopic (exact) mass is 306 g/mol. The van der Waals surface area contributed by atoms with Gasteiger partial charge in [-0.05, 0) is 53.5 Å². The van der Waals surface area contributed by atoms with E-state index in [-0.39, 0.29) is 11.6 Å². The van der Waals surface area contributed by atoms with Crippen LogP contribution in [0.5, 0.6) is 0 Å². The number of benzene rings is 2. The average molecular weight is 307 g/mol. The van der Waals surface area contributed by atoms with Crippen LogP contribution >= 0.6 is 15.9 Å². The molecule has 0 N–H and O–H groups in total. The first-order valence-electron chi connectivity index (χ1n) is 5.56. The number of carbonyl (C=O) groups excluding carboxylic acids is 1. The minimum atomic E-state index is -0.362. The molecule has 2 rings (SSSR count). The van der Waals surface area contributed by atoms with Gasteiger partial charge in [-0.1, -0.05) is 23.8 Å². The Morgan fingerprint density at radius 3 is 2.33 bits per heavy atom. The van der Waals surface area contributed by atoms with Crippen LogP contribution in [0.1, 0.15) is 27.0 Å². The van der Waals surface area contributed by atoms with Gasteiger partial charge in [0.2, 0.25) is 0 Å². The van der Waals surface area contributed by atoms with Gasteiger partial charge in [-0.15, -0.1) is 0 Å². The summed E-state index contributed by atoms with van der Waals surface area (Å²) in [6.45, 7) is 3.88. The van der Waals surface area contributed by atoms with Gasteiger partial charge in [0.05, 0.1) is 0 Å². The lowest BCUT2D eigenvalue weighted by Gasteiger charge is -2.07. The van der Waals surface area contributed by atoms with E-state index in [1.807, 2.05) is 32.0 Å². The standard InChI is InChI=1S/C15H12BrFO/c1-9-3-5-12(10(2)7-9)15(18)13-6-4-11(17)8-14(13)16/h3-8H,1-2H3. The van der Waals surface area contributed by atoms with Gasteiger partial charge in [0.25, 0.3) is 0 Å². The van der Waals surface area contributed by atoms with Crippen LogP contribution in [0.4, 0.5) is 4.39 Å². The Bertz CT molecular complexity index is 566. The van der Waals surface area contributed by atoms with Crippen molar-refractivity contribution in [3.05, 3.63) is 68.9 Å². The molecule has 0 unspecified atom stereocenters. The highest BCUT2D eigenvalue weighted by Gasteiger charge is 2.15. The van der Waals surface area contributed by atoms with E-state index in [2.05, 4.69) is 15.9 Å². The lowest BCUT2D eigenvalue weighted by molar-refractivity contribution is 0.103. The number of ketones is 1. The fraction of sp³-hybridized carbons (Fsp3) is 0.133. The molecule has 0 aromatic heterocycles. The molecular formula is C15H12BrFO. The van der Waals surface area contributed by atoms with Crippen LogP contribution in [-0.2, 0) is 0 Å². The summed E-state index contributed by atoms with van der Waals surface area (Å²) in [7, 11) is 0. The van der Waals surface area contributed by atoms with E-state index in [0.717, 1.165) is 11.1 Å². The molecule has 0 fully saturated rings. The lowest BCUT2D eigenvalue weighted by Crippen LogP contribution is -2.05. The largest absolute Gasteiger partial charge is 0.289 e. The molecule has 0 saturated heterocycles. The predicted molar refractivity (Wildman–Crippen MR) is 73.4 cm³/mol. The highest BCUT2D eigenvalue weighted by Crippen LogP contribution is 2.23. The molecule has 0 saturated carbocycles. The molecule has 2 aromatic rings. The highest BCUT2D eigenvalue weighted by atomic mass is 79.9. The maximum Gasteiger partial charge on any atom is 0.194 e. The third-order valence-electron chi connectivity index (χ3n) is 2.80. The zero-order chi connectivity index (χ0) is 13.3. The molecule has 0 aliphatic rings. The quantitative estimate of drug-likeness (QED) is 0.750. The summed E-state index contributed by atoms with van der Waals surface area (Å²) in [5.41, 5.74) is 3.16. The van der Waals surface area contributed by atoms with Crippen LogP contribution in [0.25, 0.3) is 0 Å². The number of rotatable bonds is 2. The van der Waals surface area contributed by atoms with Crippen molar-refractivity contribution >= 4 is 21.7 Å². The molecule has 3 heteroatoms. The molecule has 2 aromatic carbocycles. The SMILES string of the molecule is Cc1ccc(C(=O)c2ccc(F)cc2Br)c(C)c1. The van der Waals surface area contributed by atoms with Gasteiger partial charge < -0.3 is 0 Å². The highest BCUT2D eigenvalue weighted by molar-refractivity contribution is 9.10. The van der Waals surface area contributed by atoms with Gasteiger partial charge in [0.1, 0.15) is 5.82 Å². The smallest absolute Gasteiger partial charge is 0.194 e. The minimum absolute atomic E-state index is 0.0978. The molecule has 1 nitrogen and oxygen atoms in total. The maximum atomic E-state index is 13.0. The molecule has 0 aliphatic carbocycles. The molecule has 0 atom stereocenters. The Labute approximate surface area is 114 Å². The summed E-state index contributed by atoms with van der Waals surface area (Å²) in [6, 6.07) is 9.77. The van der Waals surface area contributed by atoms with Gasteiger partial charge >= 0.3 is 0 Å². The Hall–Kier alpha value is -1.48. The first kappa shape index (κ1) is 13.0. The van der Waals surface area contributed by atoms with Gasteiger partial charge in [0, 0.05) is 15.6 Å². The van der Waals surface area contributed by atoms with Crippen molar-refractivity contribution in [3.8, 4) is 0 Å². The van der Waals surface area contributed by atoms with E-state index < -0.39 is 0 Å². The van der Waals surface area contributed by atoms with E-state index in [1.165, 1.54) is 18.2 Å². The van der Waals surface area contributed by atoms with Crippen molar-refractivity contribution in [1.82, 2.24) is 0 Å². The second-order valence-electron chi connectivity index (χ2n) is 4.27. The van der Waals surface area contributed by atoms with Crippen molar-refractivity contribution in [2.45, 2.75) is 13.8 Å². The summed E-state index contributed by atoms with van der Waals surface area (Å²) in [4.78, 5) is 12.4. The van der Waals surface area contributed by atoms with Gasteiger partial charge in [-0.3, -0.25) is 4.79 Å².